The van der Waals surface area contributed by atoms with E-state index >= 15 is 0 Å². The molecule has 8 rings (SSSR count). The van der Waals surface area contributed by atoms with Gasteiger partial charge >= 0.3 is 5.97 Å². The third kappa shape index (κ3) is 7.65. The van der Waals surface area contributed by atoms with Crippen molar-refractivity contribution in [2.45, 2.75) is 88.8 Å². The van der Waals surface area contributed by atoms with E-state index in [2.05, 4.69) is 20.4 Å². The first-order chi connectivity index (χ1) is 26.5. The van der Waals surface area contributed by atoms with E-state index in [0.717, 1.165) is 123 Å². The van der Waals surface area contributed by atoms with Gasteiger partial charge in [0.05, 0.1) is 17.3 Å². The number of carboxylic acids is 1. The number of fused-ring (bicyclic) bond motifs is 2. The van der Waals surface area contributed by atoms with Crippen LogP contribution < -0.4 is 10.6 Å². The highest BCUT2D eigenvalue weighted by Gasteiger charge is 2.45. The van der Waals surface area contributed by atoms with Crippen LogP contribution in [0.1, 0.15) is 100 Å². The fraction of sp³-hybridized carbons (Fsp3) is 0.548. The third-order valence-corrected chi connectivity index (χ3v) is 13.3. The van der Waals surface area contributed by atoms with Crippen molar-refractivity contribution in [1.82, 2.24) is 39.5 Å². The number of amides is 2. The Labute approximate surface area is 328 Å². The fourth-order valence-corrected chi connectivity index (χ4v) is 9.59. The molecule has 55 heavy (non-hydrogen) atoms. The summed E-state index contributed by atoms with van der Waals surface area (Å²) in [4.78, 5) is 54.8. The van der Waals surface area contributed by atoms with Crippen molar-refractivity contribution >= 4 is 35.0 Å². The summed E-state index contributed by atoms with van der Waals surface area (Å²) in [5.74, 6) is 0.142. The summed E-state index contributed by atoms with van der Waals surface area (Å²) in [6, 6.07) is 7.96. The molecule has 3 aromatic rings. The lowest BCUT2D eigenvalue weighted by molar-refractivity contribution is -0.143. The Morgan fingerprint density at radius 1 is 0.855 bits per heavy atom. The van der Waals surface area contributed by atoms with Crippen LogP contribution in [0.3, 0.4) is 0 Å². The molecule has 2 atom stereocenters. The van der Waals surface area contributed by atoms with Crippen LogP contribution in [0.15, 0.2) is 42.5 Å². The van der Waals surface area contributed by atoms with Gasteiger partial charge in [0.15, 0.2) is 17.3 Å². The molecule has 4 heterocycles. The fourth-order valence-electron chi connectivity index (χ4n) is 9.22. The quantitative estimate of drug-likeness (QED) is 0.184. The van der Waals surface area contributed by atoms with Gasteiger partial charge in [0, 0.05) is 71.0 Å². The number of nitrogens with zero attached hydrogens (tertiary/aromatic N) is 6. The molecule has 0 bridgehead atoms. The summed E-state index contributed by atoms with van der Waals surface area (Å²) in [5, 5.41) is 14.8. The number of hydrogen-bond acceptors (Lipinski definition) is 7. The monoisotopic (exact) mass is 768 g/mol. The first-order valence-corrected chi connectivity index (χ1v) is 20.4. The topological polar surface area (TPSA) is 138 Å². The Bertz CT molecular complexity index is 2040. The number of benzene rings is 1. The zero-order valence-electron chi connectivity index (χ0n) is 32.2. The van der Waals surface area contributed by atoms with Crippen LogP contribution in [-0.4, -0.2) is 89.0 Å². The number of imidazole rings is 2. The first-order valence-electron chi connectivity index (χ1n) is 20.0. The van der Waals surface area contributed by atoms with Crippen LogP contribution in [0.5, 0.6) is 0 Å². The molecule has 3 N–H and O–H groups in total. The molecule has 2 unspecified atom stereocenters. The Balaban J connectivity index is 1.02. The number of allylic oxidation sites excluding steroid dienone is 2. The highest BCUT2D eigenvalue weighted by atomic mass is 35.5. The third-order valence-electron chi connectivity index (χ3n) is 12.7. The summed E-state index contributed by atoms with van der Waals surface area (Å²) in [7, 11) is 3.77. The van der Waals surface area contributed by atoms with E-state index in [-0.39, 0.29) is 11.7 Å². The molecule has 2 saturated carbocycles. The molecule has 12 nitrogen and oxygen atoms in total. The van der Waals surface area contributed by atoms with Gasteiger partial charge < -0.3 is 24.9 Å². The van der Waals surface area contributed by atoms with Gasteiger partial charge in [-0.25, -0.2) is 9.97 Å². The molecule has 2 fully saturated rings. The van der Waals surface area contributed by atoms with E-state index in [0.29, 0.717) is 18.3 Å². The van der Waals surface area contributed by atoms with Gasteiger partial charge in [0.25, 0.3) is 11.8 Å². The van der Waals surface area contributed by atoms with Crippen LogP contribution in [-0.2, 0) is 44.8 Å². The van der Waals surface area contributed by atoms with Crippen LogP contribution in [0.4, 0.5) is 0 Å². The van der Waals surface area contributed by atoms with Crippen LogP contribution >= 0.6 is 11.6 Å². The lowest BCUT2D eigenvalue weighted by atomic mass is 9.80. The number of carboxylic acid groups (broad SMARTS) is 1. The zero-order valence-corrected chi connectivity index (χ0v) is 32.9. The molecule has 0 saturated heterocycles. The summed E-state index contributed by atoms with van der Waals surface area (Å²) >= 11 is 7.43. The first kappa shape index (κ1) is 37.7. The van der Waals surface area contributed by atoms with Gasteiger partial charge in [-0.2, -0.15) is 0 Å². The molecule has 2 aliphatic heterocycles. The lowest BCUT2D eigenvalue weighted by Crippen LogP contribution is -2.65. The average Bonchev–Trinajstić information content (AvgIpc) is 3.85. The average molecular weight is 769 g/mol. The standard InChI is InChI=1S/C42H53ClN8O4/c1-26-7-4-5-8-30(26)31-9-6-19-42(36(31)43,47-40(53)38-45-33-25-51(23-28-10-11-28)22-18-35(33)49(38)3)46-39(52)37-44-32-24-50(21-17-34(32)48(37)2)20-16-27-12-14-29(15-13-27)41(54)55/h4-9,19,27-29,36H,10-18,20-25H2,1-3H3,(H,46,52)(H,47,53)(H,54,55)/t27-,29-,36?,42?. The minimum absolute atomic E-state index is 0.203. The van der Waals surface area contributed by atoms with Crippen molar-refractivity contribution < 1.29 is 19.5 Å². The highest BCUT2D eigenvalue weighted by Crippen LogP contribution is 2.37. The number of rotatable bonds is 11. The van der Waals surface area contributed by atoms with E-state index in [9.17, 15) is 19.5 Å². The number of aromatic nitrogens is 4. The van der Waals surface area contributed by atoms with Gasteiger partial charge in [-0.3, -0.25) is 24.2 Å². The van der Waals surface area contributed by atoms with Crippen molar-refractivity contribution in [1.29, 1.82) is 0 Å². The molecule has 13 heteroatoms. The number of hydrogen-bond donors (Lipinski definition) is 3. The van der Waals surface area contributed by atoms with Gasteiger partial charge in [-0.15, -0.1) is 11.6 Å². The predicted octanol–water partition coefficient (Wildman–Crippen LogP) is 4.99. The van der Waals surface area contributed by atoms with Gasteiger partial charge in [-0.1, -0.05) is 36.4 Å². The Morgan fingerprint density at radius 2 is 1.44 bits per heavy atom. The second kappa shape index (κ2) is 15.3. The maximum absolute atomic E-state index is 14.4. The van der Waals surface area contributed by atoms with E-state index in [1.807, 2.05) is 66.6 Å². The number of alkyl halides is 1. The molecular weight excluding hydrogens is 716 g/mol. The second-order valence-corrected chi connectivity index (χ2v) is 16.9. The Kier molecular flexibility index (Phi) is 10.5. The molecule has 5 aliphatic rings. The zero-order chi connectivity index (χ0) is 38.4. The molecule has 2 amide bonds. The van der Waals surface area contributed by atoms with Crippen molar-refractivity contribution in [3.8, 4) is 0 Å². The minimum atomic E-state index is -1.50. The number of halogens is 1. The summed E-state index contributed by atoms with van der Waals surface area (Å²) in [6.07, 6.45) is 14.2. The highest BCUT2D eigenvalue weighted by molar-refractivity contribution is 6.28. The van der Waals surface area contributed by atoms with Crippen molar-refractivity contribution in [2.75, 3.05) is 26.2 Å². The van der Waals surface area contributed by atoms with Gasteiger partial charge in [0.2, 0.25) is 0 Å². The van der Waals surface area contributed by atoms with Crippen molar-refractivity contribution in [3.05, 3.63) is 88.0 Å². The SMILES string of the molecule is Cc1ccccc1C1=CC=CC(NC(=O)c2nc3c(n2C)CCN(CC[C@H]2CC[C@H](C(=O)O)CC2)C3)(NC(=O)c2nc3c(n2C)CCN(CC2CC2)C3)C1Cl. The van der Waals surface area contributed by atoms with Gasteiger partial charge in [-0.05, 0) is 93.0 Å². The van der Waals surface area contributed by atoms with E-state index in [1.54, 1.807) is 6.08 Å². The summed E-state index contributed by atoms with van der Waals surface area (Å²) < 4.78 is 3.76. The second-order valence-electron chi connectivity index (χ2n) is 16.5. The maximum Gasteiger partial charge on any atom is 0.306 e. The summed E-state index contributed by atoms with van der Waals surface area (Å²) in [6.45, 7) is 7.18. The molecule has 0 radical (unpaired) electrons. The lowest BCUT2D eigenvalue weighted by Gasteiger charge is -2.39. The van der Waals surface area contributed by atoms with E-state index in [1.165, 1.54) is 12.8 Å². The molecular formula is C42H53ClN8O4. The molecule has 2 aromatic heterocycles. The van der Waals surface area contributed by atoms with Crippen molar-refractivity contribution in [2.24, 2.45) is 31.8 Å². The molecule has 0 spiro atoms. The molecule has 292 valence electrons. The van der Waals surface area contributed by atoms with E-state index in [4.69, 9.17) is 21.6 Å². The molecule has 1 aromatic carbocycles. The van der Waals surface area contributed by atoms with Crippen molar-refractivity contribution in [3.63, 3.8) is 0 Å². The minimum Gasteiger partial charge on any atom is -0.481 e. The van der Waals surface area contributed by atoms with Gasteiger partial charge in [0.1, 0.15) is 5.38 Å². The van der Waals surface area contributed by atoms with E-state index < -0.39 is 28.8 Å². The number of aryl methyl sites for hydroxylation is 1. The largest absolute Gasteiger partial charge is 0.481 e. The van der Waals surface area contributed by atoms with Crippen LogP contribution in [0.25, 0.3) is 5.57 Å². The number of aliphatic carboxylic acids is 1. The Hall–Kier alpha value is -4.26. The normalized spacial score (nSPS) is 25.5. The summed E-state index contributed by atoms with van der Waals surface area (Å²) in [5.41, 5.74) is 5.15. The smallest absolute Gasteiger partial charge is 0.306 e. The maximum atomic E-state index is 14.4. The predicted molar refractivity (Wildman–Crippen MR) is 210 cm³/mol. The van der Waals surface area contributed by atoms with Crippen LogP contribution in [0, 0.1) is 24.7 Å². The number of carbonyl (C=O) groups excluding carboxylic acids is 2. The number of nitrogens with one attached hydrogen (secondary N) is 2. The number of carbonyl (C=O) groups is 3. The molecule has 3 aliphatic carbocycles. The Morgan fingerprint density at radius 3 is 2.04 bits per heavy atom. The van der Waals surface area contributed by atoms with Crippen LogP contribution in [0.2, 0.25) is 0 Å².